The summed E-state index contributed by atoms with van der Waals surface area (Å²) in [5.41, 5.74) is 15.5. The zero-order chi connectivity index (χ0) is 63.4. The monoisotopic (exact) mass is 1210 g/mol. The van der Waals surface area contributed by atoms with Gasteiger partial charge in [0.15, 0.2) is 0 Å². The van der Waals surface area contributed by atoms with Crippen molar-refractivity contribution in [2.24, 2.45) is 0 Å². The molecule has 8 nitrogen and oxygen atoms in total. The first-order chi connectivity index (χ1) is 46.1. The summed E-state index contributed by atoms with van der Waals surface area (Å²) in [6, 6.07) is 100.0. The Morgan fingerprint density at radius 1 is 0.277 bits per heavy atom. The Kier molecular flexibility index (Phi) is 13.9. The van der Waals surface area contributed by atoms with Crippen molar-refractivity contribution in [1.82, 2.24) is 29.1 Å². The Hall–Kier alpha value is -12.8. The first-order valence-corrected chi connectivity index (χ1v) is 30.6. The molecule has 0 N–H and O–H groups in total. The van der Waals surface area contributed by atoms with E-state index in [1.807, 2.05) is 243 Å². The highest BCUT2D eigenvalue weighted by Gasteiger charge is 2.36. The van der Waals surface area contributed by atoms with E-state index in [1.165, 1.54) is 12.1 Å². The number of aromatic nitrogens is 6. The SMILES string of the molecule is N#Cc1cc(-n2c3ccc(-c4cccc(-c5ccccc5)n4)cc3c3cc(-c4cccc(-c5ccccc5)n4)ccc32)c(-n2c3ccc(-c4cccc(-c5ccccc5)n4)cc3c3cc(-c4cccc(-c5ccccc5)n4)ccc32)cc1-c1c(C#N)cccc1C(F)(F)F. The maximum absolute atomic E-state index is 15.6. The van der Waals surface area contributed by atoms with E-state index in [9.17, 15) is 10.5 Å². The van der Waals surface area contributed by atoms with Gasteiger partial charge in [-0.25, -0.2) is 19.9 Å². The van der Waals surface area contributed by atoms with Gasteiger partial charge in [0.25, 0.3) is 0 Å². The molecule has 0 atom stereocenters. The molecule has 0 aliphatic rings. The van der Waals surface area contributed by atoms with Crippen LogP contribution in [-0.2, 0) is 6.18 Å². The Morgan fingerprint density at radius 3 is 0.862 bits per heavy atom. The van der Waals surface area contributed by atoms with Crippen molar-refractivity contribution >= 4 is 43.6 Å². The minimum atomic E-state index is -4.90. The summed E-state index contributed by atoms with van der Waals surface area (Å²) >= 11 is 0. The summed E-state index contributed by atoms with van der Waals surface area (Å²) in [5, 5.41) is 25.6. The van der Waals surface area contributed by atoms with Gasteiger partial charge in [0, 0.05) is 77.2 Å². The van der Waals surface area contributed by atoms with E-state index in [0.717, 1.165) is 129 Å². The van der Waals surface area contributed by atoms with Crippen LogP contribution in [0.15, 0.2) is 297 Å². The van der Waals surface area contributed by atoms with Gasteiger partial charge in [0.05, 0.1) is 108 Å². The molecule has 16 rings (SSSR count). The fourth-order valence-electron chi connectivity index (χ4n) is 13.1. The van der Waals surface area contributed by atoms with Gasteiger partial charge in [-0.1, -0.05) is 176 Å². The van der Waals surface area contributed by atoms with Gasteiger partial charge in [-0.05, 0) is 121 Å². The number of nitriles is 2. The van der Waals surface area contributed by atoms with Gasteiger partial charge in [-0.2, -0.15) is 23.7 Å². The third-order valence-corrected chi connectivity index (χ3v) is 17.5. The Bertz CT molecular complexity index is 5470. The molecule has 0 saturated carbocycles. The summed E-state index contributed by atoms with van der Waals surface area (Å²) < 4.78 is 51.1. The van der Waals surface area contributed by atoms with Crippen molar-refractivity contribution in [3.05, 3.63) is 314 Å². The standard InChI is InChI=1S/C83H49F3N8/c84-83(85,86)67-27-13-26-60(50-87)82(67)62-49-81(94-78-42-38-58(74-34-16-30-70(91-74)54-22-9-3-10-23-54)46-65(78)66-47-59(39-43-79(66)94)75-35-17-31-71(92-75)55-24-11-4-12-25-55)80(48-61(62)51-88)93-76-40-36-56(72-32-14-28-68(89-72)52-18-5-1-6-19-52)44-63(76)64-45-57(37-41-77(64)93)73-33-15-29-69(90-73)53-20-7-2-8-21-53/h1-49H. The van der Waals surface area contributed by atoms with Gasteiger partial charge >= 0.3 is 6.18 Å². The molecule has 0 saturated heterocycles. The molecule has 6 heterocycles. The number of halogens is 3. The maximum Gasteiger partial charge on any atom is 0.417 e. The predicted octanol–water partition coefficient (Wildman–Crippen LogP) is 21.2. The average Bonchev–Trinajstić information content (AvgIpc) is 1.53. The molecule has 16 aromatic rings. The van der Waals surface area contributed by atoms with Crippen molar-refractivity contribution < 1.29 is 13.2 Å². The zero-order valence-corrected chi connectivity index (χ0v) is 50.0. The Labute approximate surface area is 538 Å². The molecular formula is C83H49F3N8. The summed E-state index contributed by atoms with van der Waals surface area (Å²) in [6.45, 7) is 0. The number of benzene rings is 10. The normalized spacial score (nSPS) is 11.5. The molecule has 94 heavy (non-hydrogen) atoms. The first-order valence-electron chi connectivity index (χ1n) is 30.6. The second-order valence-electron chi connectivity index (χ2n) is 23.0. The molecule has 0 bridgehead atoms. The smallest absolute Gasteiger partial charge is 0.307 e. The minimum absolute atomic E-state index is 0.0584. The van der Waals surface area contributed by atoms with Crippen LogP contribution in [0.3, 0.4) is 0 Å². The van der Waals surface area contributed by atoms with Crippen LogP contribution in [0.1, 0.15) is 16.7 Å². The van der Waals surface area contributed by atoms with Crippen LogP contribution in [0.4, 0.5) is 13.2 Å². The van der Waals surface area contributed by atoms with E-state index in [-0.39, 0.29) is 16.7 Å². The molecule has 0 fully saturated rings. The second kappa shape index (κ2) is 23.2. The van der Waals surface area contributed by atoms with Crippen LogP contribution in [0.25, 0.3) is 156 Å². The number of hydrogen-bond acceptors (Lipinski definition) is 6. The Balaban J connectivity index is 0.995. The van der Waals surface area contributed by atoms with E-state index in [1.54, 1.807) is 12.1 Å². The average molecular weight is 1220 g/mol. The van der Waals surface area contributed by atoms with Crippen molar-refractivity contribution in [3.8, 4) is 125 Å². The lowest BCUT2D eigenvalue weighted by atomic mass is 9.90. The third-order valence-electron chi connectivity index (χ3n) is 17.5. The van der Waals surface area contributed by atoms with Crippen molar-refractivity contribution in [1.29, 1.82) is 10.5 Å². The van der Waals surface area contributed by atoms with E-state index in [0.29, 0.717) is 22.4 Å². The van der Waals surface area contributed by atoms with Crippen molar-refractivity contribution in [2.75, 3.05) is 0 Å². The molecule has 0 aliphatic heterocycles. The minimum Gasteiger partial charge on any atom is -0.307 e. The summed E-state index contributed by atoms with van der Waals surface area (Å²) in [4.78, 5) is 20.8. The molecule has 11 heteroatoms. The first kappa shape index (κ1) is 56.4. The molecule has 0 spiro atoms. The summed E-state index contributed by atoms with van der Waals surface area (Å²) in [5.74, 6) is 0. The van der Waals surface area contributed by atoms with Crippen molar-refractivity contribution in [3.63, 3.8) is 0 Å². The molecule has 6 aromatic heterocycles. The number of hydrogen-bond donors (Lipinski definition) is 0. The number of rotatable bonds is 11. The van der Waals surface area contributed by atoms with Crippen LogP contribution in [0.5, 0.6) is 0 Å². The summed E-state index contributed by atoms with van der Waals surface area (Å²) in [6.07, 6.45) is -4.90. The predicted molar refractivity (Wildman–Crippen MR) is 370 cm³/mol. The maximum atomic E-state index is 15.6. The largest absolute Gasteiger partial charge is 0.417 e. The van der Waals surface area contributed by atoms with E-state index in [2.05, 4.69) is 45.5 Å². The third kappa shape index (κ3) is 10.1. The zero-order valence-electron chi connectivity index (χ0n) is 50.0. The number of nitrogens with zero attached hydrogens (tertiary/aromatic N) is 8. The van der Waals surface area contributed by atoms with Crippen LogP contribution in [-0.4, -0.2) is 29.1 Å². The van der Waals surface area contributed by atoms with Crippen LogP contribution in [0, 0.1) is 22.7 Å². The highest BCUT2D eigenvalue weighted by Crippen LogP contribution is 2.47. The van der Waals surface area contributed by atoms with Crippen molar-refractivity contribution in [2.45, 2.75) is 6.18 Å². The fraction of sp³-hybridized carbons (Fsp3) is 0.0120. The summed E-state index contributed by atoms with van der Waals surface area (Å²) in [7, 11) is 0. The highest BCUT2D eigenvalue weighted by molar-refractivity contribution is 6.14. The quantitative estimate of drug-likeness (QED) is 0.128. The molecule has 0 amide bonds. The number of pyridine rings is 4. The van der Waals surface area contributed by atoms with E-state index in [4.69, 9.17) is 19.9 Å². The highest BCUT2D eigenvalue weighted by atomic mass is 19.4. The topological polar surface area (TPSA) is 109 Å². The number of fused-ring (bicyclic) bond motifs is 6. The van der Waals surface area contributed by atoms with Crippen LogP contribution >= 0.6 is 0 Å². The lowest BCUT2D eigenvalue weighted by Crippen LogP contribution is -2.10. The molecule has 10 aromatic carbocycles. The van der Waals surface area contributed by atoms with E-state index < -0.39 is 17.3 Å². The van der Waals surface area contributed by atoms with Gasteiger partial charge < -0.3 is 9.13 Å². The Morgan fingerprint density at radius 2 is 0.564 bits per heavy atom. The van der Waals surface area contributed by atoms with Crippen LogP contribution < -0.4 is 0 Å². The molecule has 0 aliphatic carbocycles. The fourth-order valence-corrected chi connectivity index (χ4v) is 13.1. The molecule has 442 valence electrons. The second-order valence-corrected chi connectivity index (χ2v) is 23.0. The van der Waals surface area contributed by atoms with Crippen LogP contribution in [0.2, 0.25) is 0 Å². The van der Waals surface area contributed by atoms with Gasteiger partial charge in [0.1, 0.15) is 0 Å². The molecular weight excluding hydrogens is 1170 g/mol. The molecule has 0 radical (unpaired) electrons. The lowest BCUT2D eigenvalue weighted by Gasteiger charge is -2.21. The van der Waals surface area contributed by atoms with E-state index >= 15 is 13.2 Å². The lowest BCUT2D eigenvalue weighted by molar-refractivity contribution is -0.137. The van der Waals surface area contributed by atoms with Gasteiger partial charge in [-0.15, -0.1) is 0 Å². The number of alkyl halides is 3. The van der Waals surface area contributed by atoms with Gasteiger partial charge in [0.2, 0.25) is 0 Å². The van der Waals surface area contributed by atoms with Gasteiger partial charge in [-0.3, -0.25) is 0 Å². The molecule has 0 unspecified atom stereocenters.